The van der Waals surface area contributed by atoms with Crippen molar-refractivity contribution in [1.29, 1.82) is 0 Å². The van der Waals surface area contributed by atoms with Crippen molar-refractivity contribution in [3.63, 3.8) is 0 Å². The van der Waals surface area contributed by atoms with E-state index in [1.54, 1.807) is 6.26 Å². The smallest absolute Gasteiger partial charge is 0.194 e. The lowest BCUT2D eigenvalue weighted by Crippen LogP contribution is -2.30. The molecular weight excluding hydrogens is 342 g/mol. The van der Waals surface area contributed by atoms with Gasteiger partial charge in [-0.3, -0.25) is 0 Å². The second kappa shape index (κ2) is 7.14. The van der Waals surface area contributed by atoms with Crippen LogP contribution in [0.3, 0.4) is 0 Å². The Hall–Kier alpha value is -2.92. The fourth-order valence-electron chi connectivity index (χ4n) is 3.02. The summed E-state index contributed by atoms with van der Waals surface area (Å²) in [6.45, 7) is 2.08. The van der Waals surface area contributed by atoms with Crippen LogP contribution in [0.5, 0.6) is 0 Å². The number of para-hydroxylation sites is 1. The molecule has 3 aromatic rings. The molecule has 2 aromatic carbocycles. The van der Waals surface area contributed by atoms with Gasteiger partial charge in [-0.25, -0.2) is 5.01 Å². The van der Waals surface area contributed by atoms with Gasteiger partial charge < -0.3 is 9.73 Å². The molecule has 0 unspecified atom stereocenters. The average Bonchev–Trinajstić information content (AvgIpc) is 3.33. The zero-order valence-corrected chi connectivity index (χ0v) is 15.2. The van der Waals surface area contributed by atoms with Gasteiger partial charge in [0.2, 0.25) is 0 Å². The van der Waals surface area contributed by atoms with Gasteiger partial charge in [-0.15, -0.1) is 0 Å². The van der Waals surface area contributed by atoms with Crippen LogP contribution in [0.2, 0.25) is 0 Å². The molecule has 0 saturated carbocycles. The summed E-state index contributed by atoms with van der Waals surface area (Å²) >= 11 is 5.64. The Morgan fingerprint density at radius 2 is 1.85 bits per heavy atom. The molecule has 0 bridgehead atoms. The highest BCUT2D eigenvalue weighted by Gasteiger charge is 2.33. The van der Waals surface area contributed by atoms with Gasteiger partial charge in [0, 0.05) is 12.1 Å². The van der Waals surface area contributed by atoms with Crippen LogP contribution in [0.4, 0.5) is 5.69 Å². The van der Waals surface area contributed by atoms with E-state index in [0.29, 0.717) is 5.11 Å². The predicted octanol–water partition coefficient (Wildman–Crippen LogP) is 5.14. The third-order valence-corrected chi connectivity index (χ3v) is 4.69. The van der Waals surface area contributed by atoms with Crippen LogP contribution in [0, 0.1) is 6.92 Å². The predicted molar refractivity (Wildman–Crippen MR) is 108 cm³/mol. The summed E-state index contributed by atoms with van der Waals surface area (Å²) < 4.78 is 5.65. The molecule has 130 valence electrons. The maximum Gasteiger partial charge on any atom is 0.194 e. The lowest BCUT2D eigenvalue weighted by molar-refractivity contribution is 0.318. The maximum absolute atomic E-state index is 5.65. The van der Waals surface area contributed by atoms with E-state index in [1.165, 1.54) is 5.56 Å². The number of hydrogen-bond donors (Lipinski definition) is 1. The van der Waals surface area contributed by atoms with Crippen molar-refractivity contribution in [1.82, 2.24) is 5.01 Å². The van der Waals surface area contributed by atoms with Crippen LogP contribution >= 0.6 is 12.2 Å². The molecule has 26 heavy (non-hydrogen) atoms. The van der Waals surface area contributed by atoms with E-state index in [0.717, 1.165) is 29.1 Å². The number of nitrogens with one attached hydrogen (secondary N) is 1. The number of benzene rings is 2. The summed E-state index contributed by atoms with van der Waals surface area (Å²) in [5, 5.41) is 10.5. The summed E-state index contributed by atoms with van der Waals surface area (Å²) in [5.41, 5.74) is 4.28. The molecule has 0 aliphatic carbocycles. The minimum absolute atomic E-state index is 0.0509. The molecule has 5 heteroatoms. The first-order valence-corrected chi connectivity index (χ1v) is 8.95. The molecule has 1 aromatic heterocycles. The normalized spacial score (nSPS) is 16.4. The lowest BCUT2D eigenvalue weighted by atomic mass is 10.0. The van der Waals surface area contributed by atoms with Gasteiger partial charge in [0.05, 0.1) is 12.0 Å². The number of rotatable bonds is 3. The monoisotopic (exact) mass is 361 g/mol. The first kappa shape index (κ1) is 16.5. The summed E-state index contributed by atoms with van der Waals surface area (Å²) in [6, 6.07) is 22.1. The number of anilines is 1. The topological polar surface area (TPSA) is 40.8 Å². The van der Waals surface area contributed by atoms with Gasteiger partial charge in [0.15, 0.2) is 5.11 Å². The Morgan fingerprint density at radius 3 is 2.54 bits per heavy atom. The van der Waals surface area contributed by atoms with E-state index >= 15 is 0 Å². The fraction of sp³-hybridized carbons (Fsp3) is 0.143. The molecule has 0 amide bonds. The Balaban J connectivity index is 1.63. The zero-order chi connectivity index (χ0) is 17.9. The van der Waals surface area contributed by atoms with Crippen LogP contribution in [-0.4, -0.2) is 15.8 Å². The summed E-state index contributed by atoms with van der Waals surface area (Å²) in [4.78, 5) is 0. The van der Waals surface area contributed by atoms with Crippen molar-refractivity contribution in [3.05, 3.63) is 89.9 Å². The third-order valence-electron chi connectivity index (χ3n) is 4.40. The van der Waals surface area contributed by atoms with E-state index in [1.807, 2.05) is 47.5 Å². The van der Waals surface area contributed by atoms with Crippen molar-refractivity contribution in [2.45, 2.75) is 19.4 Å². The van der Waals surface area contributed by atoms with Crippen molar-refractivity contribution in [2.24, 2.45) is 5.10 Å². The average molecular weight is 361 g/mol. The van der Waals surface area contributed by atoms with E-state index in [-0.39, 0.29) is 6.04 Å². The van der Waals surface area contributed by atoms with Gasteiger partial charge in [0.1, 0.15) is 11.8 Å². The second-order valence-corrected chi connectivity index (χ2v) is 6.68. The summed E-state index contributed by atoms with van der Waals surface area (Å²) in [5.74, 6) is 0.855. The van der Waals surface area contributed by atoms with Gasteiger partial charge in [0.25, 0.3) is 0 Å². The largest absolute Gasteiger partial charge is 0.467 e. The number of furan rings is 1. The zero-order valence-electron chi connectivity index (χ0n) is 14.4. The molecule has 1 atom stereocenters. The van der Waals surface area contributed by atoms with Crippen LogP contribution < -0.4 is 5.32 Å². The van der Waals surface area contributed by atoms with Crippen LogP contribution in [0.1, 0.15) is 29.3 Å². The number of aryl methyl sites for hydroxylation is 1. The Morgan fingerprint density at radius 1 is 1.08 bits per heavy atom. The van der Waals surface area contributed by atoms with Crippen molar-refractivity contribution in [3.8, 4) is 0 Å². The highest BCUT2D eigenvalue weighted by Crippen LogP contribution is 2.33. The number of thiocarbonyl (C=S) groups is 1. The molecule has 1 aliphatic rings. The molecule has 0 radical (unpaired) electrons. The SMILES string of the molecule is Cc1ccc(C2=NN(C(=S)Nc3ccccc3)[C@@H](c3ccco3)C2)cc1. The minimum Gasteiger partial charge on any atom is -0.467 e. The quantitative estimate of drug-likeness (QED) is 0.656. The Kier molecular flexibility index (Phi) is 4.54. The Bertz CT molecular complexity index is 918. The summed E-state index contributed by atoms with van der Waals surface area (Å²) in [6.07, 6.45) is 2.43. The molecule has 4 nitrogen and oxygen atoms in total. The van der Waals surface area contributed by atoms with E-state index < -0.39 is 0 Å². The molecule has 0 saturated heterocycles. The third kappa shape index (κ3) is 3.39. The maximum atomic E-state index is 5.65. The highest BCUT2D eigenvalue weighted by molar-refractivity contribution is 7.80. The lowest BCUT2D eigenvalue weighted by Gasteiger charge is -2.23. The first-order chi connectivity index (χ1) is 12.7. The standard InChI is InChI=1S/C21H19N3OS/c1-15-9-11-16(12-10-15)18-14-19(20-8-5-13-25-20)24(23-18)21(26)22-17-6-3-2-4-7-17/h2-13,19H,14H2,1H3,(H,22,26)/t19-/m1/s1. The van der Waals surface area contributed by atoms with Crippen LogP contribution in [-0.2, 0) is 0 Å². The molecule has 4 rings (SSSR count). The van der Waals surface area contributed by atoms with Crippen molar-refractivity contribution < 1.29 is 4.42 Å². The van der Waals surface area contributed by atoms with Crippen LogP contribution in [0.25, 0.3) is 0 Å². The molecule has 1 aliphatic heterocycles. The molecule has 1 N–H and O–H groups in total. The molecular formula is C21H19N3OS. The first-order valence-electron chi connectivity index (χ1n) is 8.54. The molecule has 0 spiro atoms. The molecule has 0 fully saturated rings. The van der Waals surface area contributed by atoms with E-state index in [4.69, 9.17) is 21.7 Å². The Labute approximate surface area is 158 Å². The number of hydrazone groups is 1. The number of hydrogen-bond acceptors (Lipinski definition) is 3. The van der Waals surface area contributed by atoms with Gasteiger partial charge in [-0.2, -0.15) is 5.10 Å². The van der Waals surface area contributed by atoms with Gasteiger partial charge >= 0.3 is 0 Å². The van der Waals surface area contributed by atoms with E-state index in [2.05, 4.69) is 36.5 Å². The second-order valence-electron chi connectivity index (χ2n) is 6.29. The van der Waals surface area contributed by atoms with Crippen molar-refractivity contribution in [2.75, 3.05) is 5.32 Å². The van der Waals surface area contributed by atoms with Gasteiger partial charge in [-0.05, 0) is 49.0 Å². The highest BCUT2D eigenvalue weighted by atomic mass is 32.1. The summed E-state index contributed by atoms with van der Waals surface area (Å²) in [7, 11) is 0. The van der Waals surface area contributed by atoms with Gasteiger partial charge in [-0.1, -0.05) is 48.0 Å². The fourth-order valence-corrected chi connectivity index (χ4v) is 3.31. The molecule has 2 heterocycles. The van der Waals surface area contributed by atoms with Crippen LogP contribution in [0.15, 0.2) is 82.5 Å². The minimum atomic E-state index is -0.0509. The van der Waals surface area contributed by atoms with Crippen molar-refractivity contribution >= 4 is 28.7 Å². The van der Waals surface area contributed by atoms with E-state index in [9.17, 15) is 0 Å². The number of nitrogens with zero attached hydrogens (tertiary/aromatic N) is 2.